The van der Waals surface area contributed by atoms with Crippen LogP contribution in [-0.4, -0.2) is 39.3 Å². The predicted octanol–water partition coefficient (Wildman–Crippen LogP) is 1.80. The standard InChI is InChI=1S/C13H22N4O2S/c1-2-17(10-6-4-3-5-7-10)12(18)9-20-13-16-15-11(8-14)19-13/h10H,2-9,14H2,1H3. The van der Waals surface area contributed by atoms with Crippen LogP contribution in [0.15, 0.2) is 9.64 Å². The molecule has 2 N–H and O–H groups in total. The number of carbonyl (C=O) groups is 1. The summed E-state index contributed by atoms with van der Waals surface area (Å²) in [5, 5.41) is 8.05. The molecule has 0 radical (unpaired) electrons. The summed E-state index contributed by atoms with van der Waals surface area (Å²) in [4.78, 5) is 14.3. The first-order valence-corrected chi connectivity index (χ1v) is 8.17. The number of hydrogen-bond acceptors (Lipinski definition) is 6. The fourth-order valence-corrected chi connectivity index (χ4v) is 3.28. The van der Waals surface area contributed by atoms with E-state index in [0.717, 1.165) is 19.4 Å². The normalized spacial score (nSPS) is 16.3. The number of amides is 1. The Hall–Kier alpha value is -1.08. The first-order chi connectivity index (χ1) is 9.74. The molecule has 0 atom stereocenters. The third-order valence-corrected chi connectivity index (χ3v) is 4.42. The van der Waals surface area contributed by atoms with Crippen LogP contribution in [0.25, 0.3) is 0 Å². The number of carbonyl (C=O) groups excluding carboxylic acids is 1. The molecule has 0 aliphatic heterocycles. The van der Waals surface area contributed by atoms with Gasteiger partial charge >= 0.3 is 0 Å². The van der Waals surface area contributed by atoms with Gasteiger partial charge in [0.15, 0.2) is 0 Å². The Balaban J connectivity index is 1.85. The minimum atomic E-state index is 0.150. The number of thioether (sulfide) groups is 1. The zero-order chi connectivity index (χ0) is 14.4. The van der Waals surface area contributed by atoms with Crippen molar-refractivity contribution in [1.82, 2.24) is 15.1 Å². The van der Waals surface area contributed by atoms with Crippen LogP contribution in [0.1, 0.15) is 44.9 Å². The van der Waals surface area contributed by atoms with Crippen LogP contribution in [-0.2, 0) is 11.3 Å². The van der Waals surface area contributed by atoms with Gasteiger partial charge in [-0.3, -0.25) is 4.79 Å². The van der Waals surface area contributed by atoms with Gasteiger partial charge in [0, 0.05) is 12.6 Å². The molecule has 112 valence electrons. The second-order valence-electron chi connectivity index (χ2n) is 4.93. The molecule has 0 unspecified atom stereocenters. The Bertz CT molecular complexity index is 432. The average Bonchev–Trinajstić information content (AvgIpc) is 2.95. The summed E-state index contributed by atoms with van der Waals surface area (Å²) in [6.45, 7) is 3.03. The molecule has 1 fully saturated rings. The molecule has 0 spiro atoms. The number of aromatic nitrogens is 2. The highest BCUT2D eigenvalue weighted by Gasteiger charge is 2.24. The van der Waals surface area contributed by atoms with Crippen molar-refractivity contribution in [3.8, 4) is 0 Å². The topological polar surface area (TPSA) is 85.2 Å². The van der Waals surface area contributed by atoms with Crippen LogP contribution in [0.4, 0.5) is 0 Å². The van der Waals surface area contributed by atoms with E-state index in [-0.39, 0.29) is 12.5 Å². The molecule has 1 aliphatic carbocycles. The Morgan fingerprint density at radius 2 is 2.15 bits per heavy atom. The number of rotatable bonds is 6. The lowest BCUT2D eigenvalue weighted by Crippen LogP contribution is -2.42. The highest BCUT2D eigenvalue weighted by molar-refractivity contribution is 7.99. The first-order valence-electron chi connectivity index (χ1n) is 7.19. The van der Waals surface area contributed by atoms with Crippen LogP contribution in [0.3, 0.4) is 0 Å². The van der Waals surface area contributed by atoms with E-state index >= 15 is 0 Å². The second kappa shape index (κ2) is 7.64. The number of hydrogen-bond donors (Lipinski definition) is 1. The summed E-state index contributed by atoms with van der Waals surface area (Å²) in [6.07, 6.45) is 6.00. The average molecular weight is 298 g/mol. The Morgan fingerprint density at radius 3 is 2.75 bits per heavy atom. The zero-order valence-corrected chi connectivity index (χ0v) is 12.7. The van der Waals surface area contributed by atoms with Gasteiger partial charge in [-0.25, -0.2) is 0 Å². The zero-order valence-electron chi connectivity index (χ0n) is 11.9. The molecule has 7 heteroatoms. The first kappa shape index (κ1) is 15.3. The van der Waals surface area contributed by atoms with Gasteiger partial charge in [-0.1, -0.05) is 31.0 Å². The molecule has 1 aromatic rings. The van der Waals surface area contributed by atoms with Crippen molar-refractivity contribution in [2.75, 3.05) is 12.3 Å². The summed E-state index contributed by atoms with van der Waals surface area (Å²) < 4.78 is 5.29. The van der Waals surface area contributed by atoms with E-state index in [1.54, 1.807) is 0 Å². The maximum absolute atomic E-state index is 12.3. The molecule has 0 bridgehead atoms. The largest absolute Gasteiger partial charge is 0.415 e. The molecule has 6 nitrogen and oxygen atoms in total. The van der Waals surface area contributed by atoms with Crippen molar-refractivity contribution in [1.29, 1.82) is 0 Å². The van der Waals surface area contributed by atoms with E-state index in [9.17, 15) is 4.79 Å². The van der Waals surface area contributed by atoms with Crippen molar-refractivity contribution in [3.63, 3.8) is 0 Å². The summed E-state index contributed by atoms with van der Waals surface area (Å²) >= 11 is 1.29. The molecule has 2 rings (SSSR count). The fraction of sp³-hybridized carbons (Fsp3) is 0.769. The third kappa shape index (κ3) is 3.96. The van der Waals surface area contributed by atoms with E-state index in [2.05, 4.69) is 10.2 Å². The van der Waals surface area contributed by atoms with E-state index in [1.165, 1.54) is 31.0 Å². The Morgan fingerprint density at radius 1 is 1.40 bits per heavy atom. The summed E-state index contributed by atoms with van der Waals surface area (Å²) in [5.74, 6) is 0.896. The SMILES string of the molecule is CCN(C(=O)CSc1nnc(CN)o1)C1CCCCC1. The highest BCUT2D eigenvalue weighted by atomic mass is 32.2. The van der Waals surface area contributed by atoms with Crippen molar-refractivity contribution in [2.45, 2.75) is 56.8 Å². The van der Waals surface area contributed by atoms with Crippen molar-refractivity contribution < 1.29 is 9.21 Å². The molecule has 0 saturated heterocycles. The van der Waals surface area contributed by atoms with Gasteiger partial charge in [-0.05, 0) is 19.8 Å². The highest BCUT2D eigenvalue weighted by Crippen LogP contribution is 2.24. The molecule has 1 aromatic heterocycles. The van der Waals surface area contributed by atoms with E-state index in [0.29, 0.717) is 22.9 Å². The second-order valence-corrected chi connectivity index (χ2v) is 5.85. The lowest BCUT2D eigenvalue weighted by molar-refractivity contribution is -0.131. The molecule has 1 saturated carbocycles. The predicted molar refractivity (Wildman–Crippen MR) is 77.2 cm³/mol. The number of nitrogens with two attached hydrogens (primary N) is 1. The van der Waals surface area contributed by atoms with E-state index in [1.807, 2.05) is 11.8 Å². The molecule has 1 aliphatic rings. The lowest BCUT2D eigenvalue weighted by atomic mass is 9.94. The van der Waals surface area contributed by atoms with Crippen LogP contribution in [0.2, 0.25) is 0 Å². The van der Waals surface area contributed by atoms with Crippen LogP contribution >= 0.6 is 11.8 Å². The van der Waals surface area contributed by atoms with Crippen LogP contribution < -0.4 is 5.73 Å². The summed E-state index contributed by atoms with van der Waals surface area (Å²) in [6, 6.07) is 0.407. The van der Waals surface area contributed by atoms with Gasteiger partial charge in [0.1, 0.15) is 0 Å². The van der Waals surface area contributed by atoms with Gasteiger partial charge in [-0.2, -0.15) is 0 Å². The van der Waals surface area contributed by atoms with Crippen molar-refractivity contribution in [2.24, 2.45) is 5.73 Å². The number of nitrogens with zero attached hydrogens (tertiary/aromatic N) is 3. The summed E-state index contributed by atoms with van der Waals surface area (Å²) in [5.41, 5.74) is 5.41. The molecular formula is C13H22N4O2S. The van der Waals surface area contributed by atoms with Gasteiger partial charge in [-0.15, -0.1) is 10.2 Å². The Labute approximate surface area is 123 Å². The van der Waals surface area contributed by atoms with Gasteiger partial charge in [0.2, 0.25) is 11.8 Å². The van der Waals surface area contributed by atoms with E-state index < -0.39 is 0 Å². The molecular weight excluding hydrogens is 276 g/mol. The lowest BCUT2D eigenvalue weighted by Gasteiger charge is -2.33. The minimum absolute atomic E-state index is 0.150. The van der Waals surface area contributed by atoms with Crippen LogP contribution in [0.5, 0.6) is 0 Å². The molecule has 0 aromatic carbocycles. The molecule has 1 amide bonds. The van der Waals surface area contributed by atoms with Crippen molar-refractivity contribution >= 4 is 17.7 Å². The third-order valence-electron chi connectivity index (χ3n) is 3.62. The smallest absolute Gasteiger partial charge is 0.277 e. The van der Waals surface area contributed by atoms with Gasteiger partial charge < -0.3 is 15.1 Å². The monoisotopic (exact) mass is 298 g/mol. The maximum atomic E-state index is 12.3. The Kier molecular flexibility index (Phi) is 5.85. The van der Waals surface area contributed by atoms with E-state index in [4.69, 9.17) is 10.2 Å². The van der Waals surface area contributed by atoms with Gasteiger partial charge in [0.25, 0.3) is 5.22 Å². The fourth-order valence-electron chi connectivity index (χ4n) is 2.62. The molecule has 1 heterocycles. The summed E-state index contributed by atoms with van der Waals surface area (Å²) in [7, 11) is 0. The van der Waals surface area contributed by atoms with Crippen molar-refractivity contribution in [3.05, 3.63) is 5.89 Å². The van der Waals surface area contributed by atoms with Crippen LogP contribution in [0, 0.1) is 0 Å². The maximum Gasteiger partial charge on any atom is 0.277 e. The van der Waals surface area contributed by atoms with Gasteiger partial charge in [0.05, 0.1) is 12.3 Å². The minimum Gasteiger partial charge on any atom is -0.415 e. The quantitative estimate of drug-likeness (QED) is 0.806. The molecule has 20 heavy (non-hydrogen) atoms.